The molecule has 2 aliphatic rings. The molecule has 1 fully saturated rings. The number of esters is 1. The van der Waals surface area contributed by atoms with E-state index in [1.165, 1.54) is 28.3 Å². The van der Waals surface area contributed by atoms with Crippen molar-refractivity contribution < 1.29 is 18.7 Å². The minimum absolute atomic E-state index is 0.0343. The van der Waals surface area contributed by atoms with Crippen LogP contribution in [0.3, 0.4) is 0 Å². The summed E-state index contributed by atoms with van der Waals surface area (Å²) in [5.74, 6) is -0.745. The van der Waals surface area contributed by atoms with Gasteiger partial charge in [-0.05, 0) is 75.3 Å². The van der Waals surface area contributed by atoms with Gasteiger partial charge in [-0.1, -0.05) is 12.1 Å². The van der Waals surface area contributed by atoms with Crippen LogP contribution in [0.25, 0.3) is 0 Å². The normalized spacial score (nSPS) is 19.0. The third kappa shape index (κ3) is 5.15. The minimum atomic E-state index is -0.334. The number of piperidine rings is 1. The first-order valence-electron chi connectivity index (χ1n) is 11.1. The molecule has 1 aliphatic heterocycles. The maximum Gasteiger partial charge on any atom is 0.341 e. The van der Waals surface area contributed by atoms with Crippen LogP contribution in [-0.2, 0) is 28.9 Å². The van der Waals surface area contributed by atoms with Gasteiger partial charge in [0.05, 0.1) is 18.1 Å². The van der Waals surface area contributed by atoms with Gasteiger partial charge in [-0.15, -0.1) is 11.3 Å². The zero-order valence-corrected chi connectivity index (χ0v) is 18.7. The van der Waals surface area contributed by atoms with Crippen molar-refractivity contribution in [2.24, 2.45) is 5.92 Å². The fourth-order valence-electron chi connectivity index (χ4n) is 4.55. The molecule has 2 aromatic rings. The number of ether oxygens (including phenoxy) is 1. The summed E-state index contributed by atoms with van der Waals surface area (Å²) in [7, 11) is 0. The Labute approximate surface area is 186 Å². The van der Waals surface area contributed by atoms with E-state index in [4.69, 9.17) is 4.74 Å². The maximum absolute atomic E-state index is 13.2. The topological polar surface area (TPSA) is 58.6 Å². The van der Waals surface area contributed by atoms with Crippen LogP contribution in [0.15, 0.2) is 24.3 Å². The summed E-state index contributed by atoms with van der Waals surface area (Å²) in [6.45, 7) is 4.39. The van der Waals surface area contributed by atoms with Gasteiger partial charge in [-0.25, -0.2) is 9.18 Å². The van der Waals surface area contributed by atoms with Gasteiger partial charge in [0.1, 0.15) is 10.8 Å². The molecule has 1 saturated heterocycles. The third-order valence-corrected chi connectivity index (χ3v) is 7.29. The van der Waals surface area contributed by atoms with Gasteiger partial charge in [0.15, 0.2) is 0 Å². The summed E-state index contributed by atoms with van der Waals surface area (Å²) in [5.41, 5.74) is 2.67. The Hall–Kier alpha value is -2.25. The van der Waals surface area contributed by atoms with Crippen LogP contribution in [0.4, 0.5) is 9.39 Å². The van der Waals surface area contributed by atoms with E-state index in [-0.39, 0.29) is 23.6 Å². The van der Waals surface area contributed by atoms with Crippen molar-refractivity contribution >= 4 is 28.2 Å². The smallest absolute Gasteiger partial charge is 0.341 e. The van der Waals surface area contributed by atoms with Crippen molar-refractivity contribution in [3.63, 3.8) is 0 Å². The number of aryl methyl sites for hydroxylation is 1. The van der Waals surface area contributed by atoms with E-state index in [0.29, 0.717) is 30.3 Å². The second-order valence-corrected chi connectivity index (χ2v) is 9.43. The largest absolute Gasteiger partial charge is 0.462 e. The van der Waals surface area contributed by atoms with Crippen molar-refractivity contribution in [3.05, 3.63) is 51.7 Å². The predicted octanol–water partition coefficient (Wildman–Crippen LogP) is 4.79. The minimum Gasteiger partial charge on any atom is -0.462 e. The van der Waals surface area contributed by atoms with Gasteiger partial charge in [-0.3, -0.25) is 9.69 Å². The number of likely N-dealkylation sites (tertiary alicyclic amines) is 1. The fraction of sp³-hybridized carbons (Fsp3) is 0.500. The molecule has 1 amide bonds. The molecule has 4 rings (SSSR count). The number of benzene rings is 1. The lowest BCUT2D eigenvalue weighted by Gasteiger charge is -2.32. The molecule has 31 heavy (non-hydrogen) atoms. The number of anilines is 1. The molecular weight excluding hydrogens is 415 g/mol. The number of thiophene rings is 1. The summed E-state index contributed by atoms with van der Waals surface area (Å²) < 4.78 is 18.5. The molecule has 2 heterocycles. The monoisotopic (exact) mass is 444 g/mol. The molecule has 0 radical (unpaired) electrons. The summed E-state index contributed by atoms with van der Waals surface area (Å²) in [6, 6.07) is 6.53. The Kier molecular flexibility index (Phi) is 7.02. The molecule has 0 saturated carbocycles. The molecule has 1 atom stereocenters. The highest BCUT2D eigenvalue weighted by atomic mass is 32.1. The molecule has 0 unspecified atom stereocenters. The summed E-state index contributed by atoms with van der Waals surface area (Å²) in [6.07, 6.45) is 5.76. The number of hydrogen-bond acceptors (Lipinski definition) is 5. The lowest BCUT2D eigenvalue weighted by atomic mass is 9.95. The Morgan fingerprint density at radius 3 is 2.74 bits per heavy atom. The molecule has 1 N–H and O–H groups in total. The summed E-state index contributed by atoms with van der Waals surface area (Å²) in [4.78, 5) is 29.2. The van der Waals surface area contributed by atoms with E-state index in [2.05, 4.69) is 10.2 Å². The fourth-order valence-corrected chi connectivity index (χ4v) is 5.83. The van der Waals surface area contributed by atoms with Crippen molar-refractivity contribution in [1.29, 1.82) is 0 Å². The lowest BCUT2D eigenvalue weighted by molar-refractivity contribution is -0.121. The van der Waals surface area contributed by atoms with Crippen LogP contribution >= 0.6 is 11.3 Å². The van der Waals surface area contributed by atoms with E-state index in [9.17, 15) is 14.0 Å². The van der Waals surface area contributed by atoms with Crippen molar-refractivity contribution in [3.8, 4) is 0 Å². The van der Waals surface area contributed by atoms with Gasteiger partial charge in [0.2, 0.25) is 5.91 Å². The van der Waals surface area contributed by atoms with Crippen LogP contribution in [0, 0.1) is 11.7 Å². The van der Waals surface area contributed by atoms with Gasteiger partial charge in [0.25, 0.3) is 0 Å². The zero-order chi connectivity index (χ0) is 21.8. The molecule has 5 nitrogen and oxygen atoms in total. The number of fused-ring (bicyclic) bond motifs is 1. The molecule has 0 spiro atoms. The van der Waals surface area contributed by atoms with Gasteiger partial charge in [-0.2, -0.15) is 0 Å². The highest BCUT2D eigenvalue weighted by molar-refractivity contribution is 7.17. The second-order valence-electron chi connectivity index (χ2n) is 8.33. The van der Waals surface area contributed by atoms with E-state index in [0.717, 1.165) is 56.2 Å². The first kappa shape index (κ1) is 22.0. The Morgan fingerprint density at radius 2 is 1.97 bits per heavy atom. The SMILES string of the molecule is CCOC(=O)c1c(NC(=O)[C@@H]2CCCN(Cc3ccc(F)cc3)C2)sc2c1CCCC2. The Balaban J connectivity index is 1.45. The number of carbonyl (C=O) groups excluding carboxylic acids is 2. The molecule has 166 valence electrons. The summed E-state index contributed by atoms with van der Waals surface area (Å²) >= 11 is 1.53. The first-order valence-corrected chi connectivity index (χ1v) is 12.0. The molecule has 0 bridgehead atoms. The highest BCUT2D eigenvalue weighted by Gasteiger charge is 2.30. The van der Waals surface area contributed by atoms with E-state index in [1.807, 2.05) is 0 Å². The van der Waals surface area contributed by atoms with Crippen LogP contribution < -0.4 is 5.32 Å². The van der Waals surface area contributed by atoms with Crippen LogP contribution in [0.1, 0.15) is 59.0 Å². The highest BCUT2D eigenvalue weighted by Crippen LogP contribution is 2.39. The van der Waals surface area contributed by atoms with Crippen LogP contribution in [0.2, 0.25) is 0 Å². The van der Waals surface area contributed by atoms with E-state index in [1.54, 1.807) is 19.1 Å². The molecule has 1 aromatic carbocycles. The van der Waals surface area contributed by atoms with Crippen molar-refractivity contribution in [2.45, 2.75) is 52.0 Å². The average Bonchev–Trinajstić information content (AvgIpc) is 3.13. The average molecular weight is 445 g/mol. The van der Waals surface area contributed by atoms with Gasteiger partial charge in [0, 0.05) is 18.0 Å². The number of halogens is 1. The third-order valence-electron chi connectivity index (χ3n) is 6.08. The van der Waals surface area contributed by atoms with E-state index >= 15 is 0 Å². The second kappa shape index (κ2) is 9.92. The summed E-state index contributed by atoms with van der Waals surface area (Å²) in [5, 5.41) is 3.72. The van der Waals surface area contributed by atoms with Gasteiger partial charge >= 0.3 is 5.97 Å². The molecular formula is C24H29FN2O3S. The van der Waals surface area contributed by atoms with Gasteiger partial charge < -0.3 is 10.1 Å². The molecule has 1 aliphatic carbocycles. The first-order chi connectivity index (χ1) is 15.0. The Bertz CT molecular complexity index is 941. The Morgan fingerprint density at radius 1 is 1.19 bits per heavy atom. The van der Waals surface area contributed by atoms with Crippen molar-refractivity contribution in [2.75, 3.05) is 25.0 Å². The zero-order valence-electron chi connectivity index (χ0n) is 17.9. The lowest BCUT2D eigenvalue weighted by Crippen LogP contribution is -2.40. The number of carbonyl (C=O) groups is 2. The number of nitrogens with one attached hydrogen (secondary N) is 1. The van der Waals surface area contributed by atoms with Crippen molar-refractivity contribution in [1.82, 2.24) is 4.90 Å². The molecule has 7 heteroatoms. The molecule has 1 aromatic heterocycles. The number of amides is 1. The number of hydrogen-bond donors (Lipinski definition) is 1. The standard InChI is InChI=1S/C24H29FN2O3S/c1-2-30-24(29)21-19-7-3-4-8-20(19)31-23(21)26-22(28)17-6-5-13-27(15-17)14-16-9-11-18(25)12-10-16/h9-12,17H,2-8,13-15H2,1H3,(H,26,28)/t17-/m1/s1. The predicted molar refractivity (Wildman–Crippen MR) is 120 cm³/mol. The van der Waals surface area contributed by atoms with E-state index < -0.39 is 0 Å². The quantitative estimate of drug-likeness (QED) is 0.651. The maximum atomic E-state index is 13.2. The number of rotatable bonds is 6. The van der Waals surface area contributed by atoms with Crippen LogP contribution in [-0.4, -0.2) is 36.5 Å². The number of nitrogens with zero attached hydrogens (tertiary/aromatic N) is 1. The van der Waals surface area contributed by atoms with Crippen LogP contribution in [0.5, 0.6) is 0 Å².